The quantitative estimate of drug-likeness (QED) is 0.544. The normalized spacial score (nSPS) is 23.5. The van der Waals surface area contributed by atoms with Crippen LogP contribution >= 0.6 is 0 Å². The molecule has 0 aromatic carbocycles. The van der Waals surface area contributed by atoms with Crippen molar-refractivity contribution in [1.29, 1.82) is 0 Å². The third-order valence-electron chi connectivity index (χ3n) is 2.55. The van der Waals surface area contributed by atoms with Gasteiger partial charge in [-0.05, 0) is 11.3 Å². The van der Waals surface area contributed by atoms with Crippen molar-refractivity contribution in [1.82, 2.24) is 0 Å². The predicted octanol–water partition coefficient (Wildman–Crippen LogP) is 3.17. The molecule has 0 amide bonds. The Hall–Kier alpha value is -0.303. The lowest BCUT2D eigenvalue weighted by molar-refractivity contribution is 0.341. The zero-order valence-corrected chi connectivity index (χ0v) is 10.0. The highest BCUT2D eigenvalue weighted by molar-refractivity contribution is 6.64. The fourth-order valence-corrected chi connectivity index (χ4v) is 3.66. The van der Waals surface area contributed by atoms with Gasteiger partial charge in [-0.1, -0.05) is 57.3 Å². The molecule has 1 heteroatoms. The molecule has 0 spiro atoms. The summed E-state index contributed by atoms with van der Waals surface area (Å²) in [5.41, 5.74) is 0.413. The number of rotatable bonds is 1. The van der Waals surface area contributed by atoms with Crippen LogP contribution in [0.2, 0.25) is 13.1 Å². The van der Waals surface area contributed by atoms with E-state index in [4.69, 9.17) is 0 Å². The van der Waals surface area contributed by atoms with Gasteiger partial charge in [0.15, 0.2) is 0 Å². The minimum absolute atomic E-state index is 0.413. The van der Waals surface area contributed by atoms with Gasteiger partial charge in [0, 0.05) is 0 Å². The summed E-state index contributed by atoms with van der Waals surface area (Å²) in [6.07, 6.45) is 6.94. The molecule has 1 atom stereocenters. The first-order chi connectivity index (χ1) is 5.43. The van der Waals surface area contributed by atoms with Crippen molar-refractivity contribution >= 4 is 8.80 Å². The Kier molecular flexibility index (Phi) is 2.62. The van der Waals surface area contributed by atoms with Crippen LogP contribution in [0, 0.1) is 11.3 Å². The van der Waals surface area contributed by atoms with E-state index in [0.29, 0.717) is 11.3 Å². The highest BCUT2D eigenvalue weighted by atomic mass is 28.3. The Morgan fingerprint density at radius 2 is 1.83 bits per heavy atom. The summed E-state index contributed by atoms with van der Waals surface area (Å²) in [5.74, 6) is 0.712. The molecule has 0 aliphatic heterocycles. The maximum atomic E-state index is 2.41. The maximum Gasteiger partial charge on any atom is 0.0603 e. The van der Waals surface area contributed by atoms with Crippen molar-refractivity contribution in [2.75, 3.05) is 0 Å². The van der Waals surface area contributed by atoms with Crippen molar-refractivity contribution in [3.8, 4) is 0 Å². The van der Waals surface area contributed by atoms with Crippen LogP contribution in [0.1, 0.15) is 20.8 Å². The summed E-state index contributed by atoms with van der Waals surface area (Å²) >= 11 is 0. The first-order valence-corrected chi connectivity index (χ1v) is 7.70. The van der Waals surface area contributed by atoms with Gasteiger partial charge in [-0.15, -0.1) is 0 Å². The first kappa shape index (κ1) is 9.78. The van der Waals surface area contributed by atoms with E-state index >= 15 is 0 Å². The average molecular weight is 180 g/mol. The molecule has 1 rings (SSSR count). The molecule has 0 heterocycles. The Morgan fingerprint density at radius 1 is 1.25 bits per heavy atom. The molecule has 0 aromatic heterocycles. The molecule has 0 aromatic rings. The van der Waals surface area contributed by atoms with Crippen molar-refractivity contribution in [2.45, 2.75) is 33.9 Å². The molecule has 1 aliphatic rings. The molecule has 0 bridgehead atoms. The molecule has 0 nitrogen and oxygen atoms in total. The summed E-state index contributed by atoms with van der Waals surface area (Å²) in [5, 5.41) is 1.72. The molecule has 0 radical (unpaired) electrons. The van der Waals surface area contributed by atoms with Gasteiger partial charge >= 0.3 is 0 Å². The molecule has 68 valence electrons. The summed E-state index contributed by atoms with van der Waals surface area (Å²) in [4.78, 5) is 0. The van der Waals surface area contributed by atoms with Gasteiger partial charge in [-0.3, -0.25) is 0 Å². The molecular weight excluding hydrogens is 160 g/mol. The van der Waals surface area contributed by atoms with Crippen LogP contribution < -0.4 is 0 Å². The molecule has 0 fully saturated rings. The summed E-state index contributed by atoms with van der Waals surface area (Å²) < 4.78 is 0. The van der Waals surface area contributed by atoms with Crippen molar-refractivity contribution in [3.05, 3.63) is 23.4 Å². The summed E-state index contributed by atoms with van der Waals surface area (Å²) in [6, 6.07) is 0. The minimum Gasteiger partial charge on any atom is -0.0774 e. The van der Waals surface area contributed by atoms with E-state index < -0.39 is 8.80 Å². The second kappa shape index (κ2) is 3.21. The average Bonchev–Trinajstić information content (AvgIpc) is 2.30. The van der Waals surface area contributed by atoms with Crippen LogP contribution in [0.5, 0.6) is 0 Å². The van der Waals surface area contributed by atoms with Crippen LogP contribution in [0.4, 0.5) is 0 Å². The molecule has 1 aliphatic carbocycles. The summed E-state index contributed by atoms with van der Waals surface area (Å²) in [7, 11) is -0.582. The summed E-state index contributed by atoms with van der Waals surface area (Å²) in [6.45, 7) is 11.8. The zero-order valence-electron chi connectivity index (χ0n) is 8.89. The monoisotopic (exact) mass is 180 g/mol. The van der Waals surface area contributed by atoms with E-state index in [1.165, 1.54) is 0 Å². The largest absolute Gasteiger partial charge is 0.0774 e. The van der Waals surface area contributed by atoms with E-state index in [9.17, 15) is 0 Å². The SMILES string of the molecule is C[SiH](C)C1=CC=CC1C(C)(C)C. The fraction of sp³-hybridized carbons (Fsp3) is 0.636. The smallest absolute Gasteiger partial charge is 0.0603 e. The van der Waals surface area contributed by atoms with E-state index in [1.807, 2.05) is 0 Å². The minimum atomic E-state index is -0.582. The van der Waals surface area contributed by atoms with E-state index in [1.54, 1.807) is 5.20 Å². The van der Waals surface area contributed by atoms with Crippen LogP contribution in [-0.2, 0) is 0 Å². The third-order valence-corrected chi connectivity index (χ3v) is 4.44. The van der Waals surface area contributed by atoms with Gasteiger partial charge in [0.2, 0.25) is 0 Å². The Morgan fingerprint density at radius 3 is 2.17 bits per heavy atom. The molecule has 0 saturated heterocycles. The van der Waals surface area contributed by atoms with Gasteiger partial charge in [0.1, 0.15) is 0 Å². The lowest BCUT2D eigenvalue weighted by Crippen LogP contribution is -2.24. The maximum absolute atomic E-state index is 2.41. The highest BCUT2D eigenvalue weighted by Crippen LogP contribution is 2.36. The van der Waals surface area contributed by atoms with Gasteiger partial charge in [-0.2, -0.15) is 0 Å². The van der Waals surface area contributed by atoms with Gasteiger partial charge in [-0.25, -0.2) is 0 Å². The standard InChI is InChI=1S/C11H20Si/c1-11(2,3)9-7-6-8-10(9)12(4)5/h6-9,12H,1-5H3. The van der Waals surface area contributed by atoms with Crippen LogP contribution in [0.3, 0.4) is 0 Å². The number of hydrogen-bond acceptors (Lipinski definition) is 0. The van der Waals surface area contributed by atoms with Gasteiger partial charge in [0.05, 0.1) is 8.80 Å². The Labute approximate surface area is 78.0 Å². The van der Waals surface area contributed by atoms with Crippen molar-refractivity contribution in [2.24, 2.45) is 11.3 Å². The topological polar surface area (TPSA) is 0 Å². The van der Waals surface area contributed by atoms with Crippen molar-refractivity contribution in [3.63, 3.8) is 0 Å². The number of hydrogen-bond donors (Lipinski definition) is 0. The lowest BCUT2D eigenvalue weighted by atomic mass is 9.82. The predicted molar refractivity (Wildman–Crippen MR) is 59.0 cm³/mol. The third kappa shape index (κ3) is 1.89. The van der Waals surface area contributed by atoms with Crippen LogP contribution in [0.15, 0.2) is 23.4 Å². The molecular formula is C11H20Si. The lowest BCUT2D eigenvalue weighted by Gasteiger charge is -2.30. The van der Waals surface area contributed by atoms with Crippen molar-refractivity contribution < 1.29 is 0 Å². The molecule has 12 heavy (non-hydrogen) atoms. The first-order valence-electron chi connectivity index (χ1n) is 4.81. The zero-order chi connectivity index (χ0) is 9.35. The van der Waals surface area contributed by atoms with Crippen LogP contribution in [-0.4, -0.2) is 8.80 Å². The molecule has 0 saturated carbocycles. The number of allylic oxidation sites excluding steroid dienone is 4. The van der Waals surface area contributed by atoms with E-state index in [-0.39, 0.29) is 0 Å². The van der Waals surface area contributed by atoms with E-state index in [2.05, 4.69) is 52.1 Å². The fourth-order valence-electron chi connectivity index (χ4n) is 1.83. The van der Waals surface area contributed by atoms with E-state index in [0.717, 1.165) is 0 Å². The Bertz CT molecular complexity index is 216. The second-order valence-corrected chi connectivity index (χ2v) is 8.03. The molecule has 1 unspecified atom stereocenters. The second-order valence-electron chi connectivity index (χ2n) is 5.05. The Balaban J connectivity index is 2.81. The molecule has 0 N–H and O–H groups in total. The van der Waals surface area contributed by atoms with Gasteiger partial charge < -0.3 is 0 Å². The highest BCUT2D eigenvalue weighted by Gasteiger charge is 2.28. The van der Waals surface area contributed by atoms with Crippen LogP contribution in [0.25, 0.3) is 0 Å². The van der Waals surface area contributed by atoms with Gasteiger partial charge in [0.25, 0.3) is 0 Å².